The summed E-state index contributed by atoms with van der Waals surface area (Å²) in [6.07, 6.45) is -6.25. The van der Waals surface area contributed by atoms with Crippen molar-refractivity contribution >= 4 is 49.1 Å². The largest absolute Gasteiger partial charge is 0.424 e. The van der Waals surface area contributed by atoms with Gasteiger partial charge in [-0.15, -0.1) is 11.3 Å². The van der Waals surface area contributed by atoms with Gasteiger partial charge in [-0.25, -0.2) is 4.98 Å². The lowest BCUT2D eigenvalue weighted by Gasteiger charge is -2.27. The van der Waals surface area contributed by atoms with Gasteiger partial charge >= 0.3 is 6.18 Å². The third-order valence-electron chi connectivity index (χ3n) is 3.66. The molecule has 1 atom stereocenters. The Morgan fingerprint density at radius 1 is 1.15 bits per heavy atom. The second kappa shape index (κ2) is 6.98. The molecule has 26 heavy (non-hydrogen) atoms. The van der Waals surface area contributed by atoms with E-state index in [0.29, 0.717) is 27.2 Å². The Labute approximate surface area is 158 Å². The van der Waals surface area contributed by atoms with Crippen LogP contribution in [-0.4, -0.2) is 22.2 Å². The summed E-state index contributed by atoms with van der Waals surface area (Å²) < 4.78 is 42.1. The van der Waals surface area contributed by atoms with Crippen LogP contribution in [0.5, 0.6) is 0 Å². The van der Waals surface area contributed by atoms with Crippen molar-refractivity contribution < 1.29 is 23.1 Å². The van der Waals surface area contributed by atoms with Crippen LogP contribution in [0.3, 0.4) is 0 Å². The van der Waals surface area contributed by atoms with Crippen LogP contribution >= 0.6 is 27.3 Å². The zero-order chi connectivity index (χ0) is 18.9. The maximum Gasteiger partial charge on any atom is 0.424 e. The summed E-state index contributed by atoms with van der Waals surface area (Å²) in [7, 11) is 0. The number of para-hydroxylation sites is 1. The van der Waals surface area contributed by atoms with Crippen LogP contribution in [0.25, 0.3) is 10.2 Å². The predicted molar refractivity (Wildman–Crippen MR) is 97.0 cm³/mol. The van der Waals surface area contributed by atoms with Crippen LogP contribution in [0.15, 0.2) is 53.0 Å². The zero-order valence-electron chi connectivity index (χ0n) is 13.0. The number of nitrogens with one attached hydrogen (secondary N) is 1. The molecule has 1 amide bonds. The topological polar surface area (TPSA) is 62.2 Å². The molecular weight excluding hydrogens is 433 g/mol. The van der Waals surface area contributed by atoms with Crippen molar-refractivity contribution in [2.45, 2.75) is 18.2 Å². The number of benzene rings is 2. The summed E-state index contributed by atoms with van der Waals surface area (Å²) in [4.78, 5) is 16.0. The van der Waals surface area contributed by atoms with E-state index < -0.39 is 29.1 Å². The number of hydrogen-bond acceptors (Lipinski definition) is 4. The average Bonchev–Trinajstić information content (AvgIpc) is 3.00. The number of rotatable bonds is 4. The van der Waals surface area contributed by atoms with Gasteiger partial charge in [0.25, 0.3) is 0 Å². The molecule has 0 bridgehead atoms. The highest BCUT2D eigenvalue weighted by Gasteiger charge is 2.58. The molecular formula is C17H12BrF3N2O2S. The number of halogens is 4. The van der Waals surface area contributed by atoms with Crippen molar-refractivity contribution in [3.05, 3.63) is 58.0 Å². The third-order valence-corrected chi connectivity index (χ3v) is 5.38. The number of anilines is 1. The second-order valence-corrected chi connectivity index (χ2v) is 7.52. The molecule has 9 heteroatoms. The first-order valence-electron chi connectivity index (χ1n) is 7.39. The summed E-state index contributed by atoms with van der Waals surface area (Å²) in [6, 6.07) is 12.8. The monoisotopic (exact) mass is 444 g/mol. The van der Waals surface area contributed by atoms with Gasteiger partial charge in [-0.1, -0.05) is 28.1 Å². The zero-order valence-corrected chi connectivity index (χ0v) is 15.5. The summed E-state index contributed by atoms with van der Waals surface area (Å²) >= 11 is 3.94. The molecule has 0 radical (unpaired) electrons. The molecule has 0 spiro atoms. The number of carbonyl (C=O) groups is 1. The number of thiazole rings is 1. The Morgan fingerprint density at radius 2 is 1.81 bits per heavy atom. The van der Waals surface area contributed by atoms with Gasteiger partial charge in [0.1, 0.15) is 5.01 Å². The Balaban J connectivity index is 1.90. The van der Waals surface area contributed by atoms with Crippen molar-refractivity contribution in [2.75, 3.05) is 5.32 Å². The van der Waals surface area contributed by atoms with Crippen LogP contribution in [0.4, 0.5) is 18.9 Å². The highest BCUT2D eigenvalue weighted by Crippen LogP contribution is 2.44. The fourth-order valence-electron chi connectivity index (χ4n) is 2.32. The minimum absolute atomic E-state index is 0.326. The Hall–Kier alpha value is -1.97. The van der Waals surface area contributed by atoms with E-state index in [4.69, 9.17) is 0 Å². The van der Waals surface area contributed by atoms with Crippen molar-refractivity contribution in [3.63, 3.8) is 0 Å². The molecule has 0 unspecified atom stereocenters. The maximum atomic E-state index is 13.6. The Bertz CT molecular complexity index is 910. The second-order valence-electron chi connectivity index (χ2n) is 5.58. The maximum absolute atomic E-state index is 13.6. The van der Waals surface area contributed by atoms with E-state index in [1.54, 1.807) is 36.4 Å². The van der Waals surface area contributed by atoms with Crippen molar-refractivity contribution in [1.82, 2.24) is 4.98 Å². The molecule has 1 aromatic heterocycles. The molecule has 3 rings (SSSR count). The molecule has 1 heterocycles. The number of fused-ring (bicyclic) bond motifs is 1. The van der Waals surface area contributed by atoms with Crippen LogP contribution < -0.4 is 5.32 Å². The number of hydrogen-bond donors (Lipinski definition) is 2. The van der Waals surface area contributed by atoms with Gasteiger partial charge < -0.3 is 10.4 Å². The number of nitrogens with zero attached hydrogens (tertiary/aromatic N) is 1. The van der Waals surface area contributed by atoms with E-state index in [1.165, 1.54) is 12.1 Å². The predicted octanol–water partition coefficient (Wildman–Crippen LogP) is 4.84. The lowest BCUT2D eigenvalue weighted by Crippen LogP contribution is -2.45. The lowest BCUT2D eigenvalue weighted by molar-refractivity contribution is -0.266. The summed E-state index contributed by atoms with van der Waals surface area (Å²) in [5.74, 6) is -0.966. The minimum Gasteiger partial charge on any atom is -0.374 e. The standard InChI is InChI=1S/C17H12BrF3N2O2S/c18-10-5-7-11(8-6-10)22-14(24)9-16(25,17(19,20)21)15-23-12-3-1-2-4-13(12)26-15/h1-8,25H,9H2,(H,22,24)/t16-/m1/s1. The minimum atomic E-state index is -5.06. The smallest absolute Gasteiger partial charge is 0.374 e. The molecule has 0 saturated heterocycles. The fourth-order valence-corrected chi connectivity index (χ4v) is 3.66. The normalized spacial score (nSPS) is 14.2. The molecule has 2 N–H and O–H groups in total. The molecule has 0 aliphatic rings. The summed E-state index contributed by atoms with van der Waals surface area (Å²) in [5, 5.41) is 12.2. The van der Waals surface area contributed by atoms with Crippen LogP contribution in [0, 0.1) is 0 Å². The molecule has 0 aliphatic heterocycles. The number of amides is 1. The van der Waals surface area contributed by atoms with Crippen LogP contribution in [0.1, 0.15) is 11.4 Å². The number of alkyl halides is 3. The molecule has 3 aromatic rings. The molecule has 0 saturated carbocycles. The Morgan fingerprint density at radius 3 is 2.42 bits per heavy atom. The number of aromatic nitrogens is 1. The SMILES string of the molecule is O=C(C[C@@](O)(c1nc2ccccc2s1)C(F)(F)F)Nc1ccc(Br)cc1. The summed E-state index contributed by atoms with van der Waals surface area (Å²) in [5.41, 5.74) is -2.70. The van der Waals surface area contributed by atoms with Crippen molar-refractivity contribution in [1.29, 1.82) is 0 Å². The van der Waals surface area contributed by atoms with E-state index >= 15 is 0 Å². The first kappa shape index (κ1) is 18.8. The van der Waals surface area contributed by atoms with E-state index in [2.05, 4.69) is 26.2 Å². The molecule has 136 valence electrons. The average molecular weight is 445 g/mol. The first-order chi connectivity index (χ1) is 12.2. The van der Waals surface area contributed by atoms with E-state index in [-0.39, 0.29) is 0 Å². The van der Waals surface area contributed by atoms with Gasteiger partial charge in [-0.05, 0) is 36.4 Å². The van der Waals surface area contributed by atoms with Gasteiger partial charge in [0.15, 0.2) is 0 Å². The molecule has 0 fully saturated rings. The van der Waals surface area contributed by atoms with Crippen LogP contribution in [0.2, 0.25) is 0 Å². The number of aliphatic hydroxyl groups is 1. The summed E-state index contributed by atoms with van der Waals surface area (Å²) in [6.45, 7) is 0. The first-order valence-corrected chi connectivity index (χ1v) is 9.00. The Kier molecular flexibility index (Phi) is 5.05. The molecule has 0 aliphatic carbocycles. The van der Waals surface area contributed by atoms with Crippen molar-refractivity contribution in [2.24, 2.45) is 0 Å². The highest BCUT2D eigenvalue weighted by molar-refractivity contribution is 9.10. The molecule has 4 nitrogen and oxygen atoms in total. The molecule has 2 aromatic carbocycles. The van der Waals surface area contributed by atoms with Gasteiger partial charge in [0, 0.05) is 10.2 Å². The van der Waals surface area contributed by atoms with Gasteiger partial charge in [0.2, 0.25) is 11.5 Å². The van der Waals surface area contributed by atoms with E-state index in [9.17, 15) is 23.1 Å². The van der Waals surface area contributed by atoms with E-state index in [0.717, 1.165) is 4.47 Å². The van der Waals surface area contributed by atoms with Crippen molar-refractivity contribution in [3.8, 4) is 0 Å². The van der Waals surface area contributed by atoms with Gasteiger partial charge in [-0.2, -0.15) is 13.2 Å². The third kappa shape index (κ3) is 3.74. The lowest BCUT2D eigenvalue weighted by atomic mass is 9.99. The van der Waals surface area contributed by atoms with Crippen LogP contribution in [-0.2, 0) is 10.4 Å². The quantitative estimate of drug-likeness (QED) is 0.605. The van der Waals surface area contributed by atoms with Gasteiger partial charge in [0.05, 0.1) is 16.6 Å². The van der Waals surface area contributed by atoms with Gasteiger partial charge in [-0.3, -0.25) is 4.79 Å². The number of carbonyl (C=O) groups excluding carboxylic acids is 1. The fraction of sp³-hybridized carbons (Fsp3) is 0.176. The van der Waals surface area contributed by atoms with E-state index in [1.807, 2.05) is 0 Å². The highest BCUT2D eigenvalue weighted by atomic mass is 79.9.